The van der Waals surface area contributed by atoms with Crippen LogP contribution >= 0.6 is 24.0 Å². The zero-order valence-corrected chi connectivity index (χ0v) is 14.9. The Bertz CT molecular complexity index is 492. The molecule has 0 radical (unpaired) electrons. The van der Waals surface area contributed by atoms with E-state index >= 15 is 0 Å². The van der Waals surface area contributed by atoms with Gasteiger partial charge in [0.15, 0.2) is 5.96 Å². The largest absolute Gasteiger partial charge is 0.450 e. The highest BCUT2D eigenvalue weighted by atomic mass is 127. The predicted octanol–water partition coefficient (Wildman–Crippen LogP) is 2.56. The highest BCUT2D eigenvalue weighted by Crippen LogP contribution is 2.32. The van der Waals surface area contributed by atoms with Crippen molar-refractivity contribution in [2.24, 2.45) is 16.6 Å². The number of nitrogens with zero attached hydrogens (tertiary/aromatic N) is 1. The van der Waals surface area contributed by atoms with Crippen LogP contribution in [0.1, 0.15) is 19.8 Å². The van der Waals surface area contributed by atoms with Crippen molar-refractivity contribution in [1.82, 2.24) is 5.32 Å². The van der Waals surface area contributed by atoms with Crippen molar-refractivity contribution in [3.05, 3.63) is 30.3 Å². The summed E-state index contributed by atoms with van der Waals surface area (Å²) in [5.74, 6) is 0.820. The second-order valence-electron chi connectivity index (χ2n) is 5.03. The molecule has 1 saturated carbocycles. The number of rotatable bonds is 6. The quantitative estimate of drug-likeness (QED) is 0.377. The van der Waals surface area contributed by atoms with Crippen molar-refractivity contribution in [3.63, 3.8) is 0 Å². The van der Waals surface area contributed by atoms with Crippen LogP contribution in [0.2, 0.25) is 0 Å². The Kier molecular flexibility index (Phi) is 8.00. The molecule has 6 nitrogen and oxygen atoms in total. The molecule has 1 aromatic rings. The van der Waals surface area contributed by atoms with Crippen molar-refractivity contribution < 1.29 is 9.53 Å². The number of nitrogens with one attached hydrogen (secondary N) is 2. The van der Waals surface area contributed by atoms with Crippen LogP contribution in [0.25, 0.3) is 0 Å². The fourth-order valence-corrected chi connectivity index (χ4v) is 2.04. The number of guanidine groups is 1. The molecule has 4 N–H and O–H groups in total. The Morgan fingerprint density at radius 3 is 2.68 bits per heavy atom. The summed E-state index contributed by atoms with van der Waals surface area (Å²) in [6.45, 7) is 2.60. The zero-order chi connectivity index (χ0) is 15.1. The monoisotopic (exact) mass is 418 g/mol. The number of aliphatic imine (C=N–C) groups is 1. The Morgan fingerprint density at radius 2 is 2.09 bits per heavy atom. The maximum Gasteiger partial charge on any atom is 0.407 e. The maximum absolute atomic E-state index is 11.5. The third-order valence-electron chi connectivity index (χ3n) is 3.27. The van der Waals surface area contributed by atoms with Crippen LogP contribution in [0.5, 0.6) is 0 Å². The van der Waals surface area contributed by atoms with Crippen molar-refractivity contribution >= 4 is 41.7 Å². The molecule has 0 aliphatic heterocycles. The van der Waals surface area contributed by atoms with Crippen LogP contribution in [0.3, 0.4) is 0 Å². The zero-order valence-electron chi connectivity index (χ0n) is 12.6. The van der Waals surface area contributed by atoms with E-state index in [1.54, 1.807) is 6.92 Å². The smallest absolute Gasteiger partial charge is 0.407 e. The number of para-hydroxylation sites is 1. The van der Waals surface area contributed by atoms with E-state index in [4.69, 9.17) is 10.5 Å². The number of amides is 1. The van der Waals surface area contributed by atoms with E-state index in [0.717, 1.165) is 18.5 Å². The first kappa shape index (κ1) is 18.5. The van der Waals surface area contributed by atoms with E-state index in [1.807, 2.05) is 30.3 Å². The van der Waals surface area contributed by atoms with E-state index in [0.29, 0.717) is 25.0 Å². The van der Waals surface area contributed by atoms with Gasteiger partial charge in [-0.15, -0.1) is 24.0 Å². The van der Waals surface area contributed by atoms with E-state index in [1.165, 1.54) is 0 Å². The lowest BCUT2D eigenvalue weighted by Crippen LogP contribution is -2.39. The molecule has 1 aliphatic carbocycles. The third kappa shape index (κ3) is 6.50. The lowest BCUT2D eigenvalue weighted by atomic mass is 10.2. The molecule has 1 aliphatic rings. The SMILES string of the molecule is CCOC(=O)NC(CN=C(N)Nc1ccccc1)C1CC1.I. The summed E-state index contributed by atoms with van der Waals surface area (Å²) in [6, 6.07) is 9.59. The number of hydrogen-bond acceptors (Lipinski definition) is 3. The molecular weight excluding hydrogens is 395 g/mol. The molecule has 1 amide bonds. The number of benzene rings is 1. The second-order valence-corrected chi connectivity index (χ2v) is 5.03. The van der Waals surface area contributed by atoms with E-state index in [9.17, 15) is 4.79 Å². The molecule has 0 bridgehead atoms. The Hall–Kier alpha value is -1.51. The normalized spacial score (nSPS) is 15.4. The van der Waals surface area contributed by atoms with Crippen LogP contribution < -0.4 is 16.4 Å². The number of anilines is 1. The van der Waals surface area contributed by atoms with Gasteiger partial charge in [0, 0.05) is 5.69 Å². The maximum atomic E-state index is 11.5. The summed E-state index contributed by atoms with van der Waals surface area (Å²) in [5, 5.41) is 5.87. The van der Waals surface area contributed by atoms with Crippen molar-refractivity contribution in [1.29, 1.82) is 0 Å². The third-order valence-corrected chi connectivity index (χ3v) is 3.27. The molecule has 0 saturated heterocycles. The molecule has 1 aromatic carbocycles. The number of ether oxygens (including phenoxy) is 1. The van der Waals surface area contributed by atoms with Crippen LogP contribution in [0.15, 0.2) is 35.3 Å². The Labute approximate surface area is 147 Å². The molecule has 0 heterocycles. The van der Waals surface area contributed by atoms with E-state index in [2.05, 4.69) is 15.6 Å². The number of alkyl carbamates (subject to hydrolysis) is 1. The molecule has 1 fully saturated rings. The van der Waals surface area contributed by atoms with Gasteiger partial charge in [0.25, 0.3) is 0 Å². The predicted molar refractivity (Wildman–Crippen MR) is 98.6 cm³/mol. The molecule has 7 heteroatoms. The number of carbonyl (C=O) groups is 1. The van der Waals surface area contributed by atoms with Gasteiger partial charge in [0.05, 0.1) is 19.2 Å². The van der Waals surface area contributed by atoms with Gasteiger partial charge in [-0.05, 0) is 37.8 Å². The molecule has 1 unspecified atom stereocenters. The molecule has 0 aromatic heterocycles. The minimum atomic E-state index is -0.390. The fraction of sp³-hybridized carbons (Fsp3) is 0.467. The minimum Gasteiger partial charge on any atom is -0.450 e. The fourth-order valence-electron chi connectivity index (χ4n) is 2.04. The van der Waals surface area contributed by atoms with Crippen molar-refractivity contribution in [2.75, 3.05) is 18.5 Å². The average molecular weight is 418 g/mol. The Morgan fingerprint density at radius 1 is 1.41 bits per heavy atom. The molecule has 1 atom stereocenters. The summed E-state index contributed by atoms with van der Waals surface area (Å²) >= 11 is 0. The molecular formula is C15H23IN4O2. The minimum absolute atomic E-state index is 0. The highest BCUT2D eigenvalue weighted by molar-refractivity contribution is 14.0. The number of halogens is 1. The Balaban J connectivity index is 0.00000242. The summed E-state index contributed by atoms with van der Waals surface area (Å²) in [5.41, 5.74) is 6.75. The van der Waals surface area contributed by atoms with Gasteiger partial charge in [-0.3, -0.25) is 4.99 Å². The van der Waals surface area contributed by atoms with Gasteiger partial charge in [-0.25, -0.2) is 4.79 Å². The first-order valence-corrected chi connectivity index (χ1v) is 7.24. The summed E-state index contributed by atoms with van der Waals surface area (Å²) in [7, 11) is 0. The summed E-state index contributed by atoms with van der Waals surface area (Å²) in [4.78, 5) is 15.8. The van der Waals surface area contributed by atoms with Crippen molar-refractivity contribution in [2.45, 2.75) is 25.8 Å². The average Bonchev–Trinajstić information content (AvgIpc) is 3.29. The van der Waals surface area contributed by atoms with Gasteiger partial charge in [-0.1, -0.05) is 18.2 Å². The first-order valence-electron chi connectivity index (χ1n) is 7.24. The second kappa shape index (κ2) is 9.50. The van der Waals surface area contributed by atoms with E-state index < -0.39 is 0 Å². The van der Waals surface area contributed by atoms with Crippen LogP contribution in [0.4, 0.5) is 10.5 Å². The van der Waals surface area contributed by atoms with E-state index in [-0.39, 0.29) is 36.1 Å². The van der Waals surface area contributed by atoms with Crippen LogP contribution in [-0.4, -0.2) is 31.2 Å². The van der Waals surface area contributed by atoms with Crippen LogP contribution in [0, 0.1) is 5.92 Å². The van der Waals surface area contributed by atoms with Gasteiger partial charge >= 0.3 is 6.09 Å². The number of nitrogens with two attached hydrogens (primary N) is 1. The molecule has 2 rings (SSSR count). The van der Waals surface area contributed by atoms with Crippen LogP contribution in [-0.2, 0) is 4.74 Å². The summed E-state index contributed by atoms with van der Waals surface area (Å²) in [6.07, 6.45) is 1.83. The topological polar surface area (TPSA) is 88.7 Å². The van der Waals surface area contributed by atoms with Gasteiger partial charge in [0.2, 0.25) is 0 Å². The first-order chi connectivity index (χ1) is 10.2. The van der Waals surface area contributed by atoms with Gasteiger partial charge in [-0.2, -0.15) is 0 Å². The highest BCUT2D eigenvalue weighted by Gasteiger charge is 2.32. The number of carbonyl (C=O) groups excluding carboxylic acids is 1. The molecule has 122 valence electrons. The standard InChI is InChI=1S/C15H22N4O2.HI/c1-2-21-15(20)19-13(11-8-9-11)10-17-14(16)18-12-6-4-3-5-7-12;/h3-7,11,13H,2,8-10H2,1H3,(H,19,20)(H3,16,17,18);1H. The lowest BCUT2D eigenvalue weighted by Gasteiger charge is -2.16. The lowest BCUT2D eigenvalue weighted by molar-refractivity contribution is 0.147. The molecule has 0 spiro atoms. The van der Waals surface area contributed by atoms with Gasteiger partial charge < -0.3 is 21.1 Å². The van der Waals surface area contributed by atoms with Crippen molar-refractivity contribution in [3.8, 4) is 0 Å². The molecule has 22 heavy (non-hydrogen) atoms. The number of hydrogen-bond donors (Lipinski definition) is 3. The van der Waals surface area contributed by atoms with Gasteiger partial charge in [0.1, 0.15) is 0 Å². The summed E-state index contributed by atoms with van der Waals surface area (Å²) < 4.78 is 4.91.